The number of hydrogen-bond donors (Lipinski definition) is 2. The van der Waals surface area contributed by atoms with E-state index in [1.807, 2.05) is 0 Å². The molecule has 1 aromatic carbocycles. The highest BCUT2D eigenvalue weighted by Gasteiger charge is 2.24. The minimum Gasteiger partial charge on any atom is -0.478 e. The molecule has 0 saturated heterocycles. The summed E-state index contributed by atoms with van der Waals surface area (Å²) >= 11 is 3.03. The topological polar surface area (TPSA) is 118 Å². The number of benzene rings is 1. The van der Waals surface area contributed by atoms with Gasteiger partial charge in [0, 0.05) is 10.7 Å². The molecule has 0 saturated carbocycles. The van der Waals surface area contributed by atoms with Crippen LogP contribution < -0.4 is 5.73 Å². The average Bonchev–Trinajstić information content (AvgIpc) is 2.84. The Kier molecular flexibility index (Phi) is 4.38. The van der Waals surface area contributed by atoms with E-state index in [1.165, 1.54) is 12.3 Å². The molecule has 0 unspecified atom stereocenters. The molecule has 0 atom stereocenters. The van der Waals surface area contributed by atoms with E-state index < -0.39 is 17.8 Å². The number of rotatable bonds is 3. The van der Waals surface area contributed by atoms with Crippen LogP contribution in [0.5, 0.6) is 0 Å². The fraction of sp³-hybridized carbons (Fsp3) is 0.0714. The monoisotopic (exact) mass is 381 g/mol. The van der Waals surface area contributed by atoms with Crippen molar-refractivity contribution >= 4 is 33.6 Å². The van der Waals surface area contributed by atoms with Gasteiger partial charge in [-0.25, -0.2) is 14.0 Å². The lowest BCUT2D eigenvalue weighted by Crippen LogP contribution is -2.12. The number of anilines is 1. The van der Waals surface area contributed by atoms with E-state index in [0.717, 1.165) is 17.7 Å². The van der Waals surface area contributed by atoms with Crippen LogP contribution in [0, 0.1) is 17.1 Å². The zero-order chi connectivity index (χ0) is 17.3. The number of carbonyl (C=O) groups is 2. The maximum atomic E-state index is 14.3. The number of carbonyl (C=O) groups excluding carboxylic acids is 1. The Morgan fingerprint density at radius 1 is 1.48 bits per heavy atom. The second-order valence-electron chi connectivity index (χ2n) is 4.37. The normalized spacial score (nSPS) is 10.2. The summed E-state index contributed by atoms with van der Waals surface area (Å²) < 4.78 is 20.0. The van der Waals surface area contributed by atoms with Gasteiger partial charge in [0.1, 0.15) is 11.9 Å². The number of carboxylic acids is 1. The van der Waals surface area contributed by atoms with E-state index in [1.54, 1.807) is 6.07 Å². The Bertz CT molecular complexity index is 870. The number of nitrogens with zero attached hydrogens (tertiary/aromatic N) is 2. The molecule has 23 heavy (non-hydrogen) atoms. The second-order valence-corrected chi connectivity index (χ2v) is 5.22. The summed E-state index contributed by atoms with van der Waals surface area (Å²) in [5, 5.41) is 18.0. The van der Waals surface area contributed by atoms with Crippen LogP contribution >= 0.6 is 15.9 Å². The molecular weight excluding hydrogens is 373 g/mol. The zero-order valence-electron chi connectivity index (χ0n) is 11.6. The van der Waals surface area contributed by atoms with Crippen molar-refractivity contribution in [3.63, 3.8) is 0 Å². The first kappa shape index (κ1) is 16.5. The van der Waals surface area contributed by atoms with Crippen LogP contribution in [0.4, 0.5) is 10.1 Å². The number of esters is 1. The molecule has 1 aromatic heterocycles. The van der Waals surface area contributed by atoms with Gasteiger partial charge < -0.3 is 20.1 Å². The molecular formula is C14H9BrFN3O4. The van der Waals surface area contributed by atoms with E-state index in [-0.39, 0.29) is 32.7 Å². The number of halogens is 2. The fourth-order valence-corrected chi connectivity index (χ4v) is 2.49. The highest BCUT2D eigenvalue weighted by molar-refractivity contribution is 9.10. The van der Waals surface area contributed by atoms with Crippen LogP contribution in [0.15, 0.2) is 22.8 Å². The SMILES string of the molecule is COC(=O)c1c(N)c(C#N)cn1-c1cc(Br)c(C(=O)O)cc1F. The Hall–Kier alpha value is -2.86. The van der Waals surface area contributed by atoms with E-state index in [4.69, 9.17) is 16.1 Å². The molecule has 0 fully saturated rings. The summed E-state index contributed by atoms with van der Waals surface area (Å²) in [5.41, 5.74) is 4.86. The molecule has 0 amide bonds. The third kappa shape index (κ3) is 2.76. The van der Waals surface area contributed by atoms with Crippen LogP contribution in [0.1, 0.15) is 26.4 Å². The zero-order valence-corrected chi connectivity index (χ0v) is 13.2. The highest BCUT2D eigenvalue weighted by Crippen LogP contribution is 2.29. The van der Waals surface area contributed by atoms with Gasteiger partial charge in [-0.2, -0.15) is 5.26 Å². The molecule has 2 rings (SSSR count). The number of aromatic nitrogens is 1. The molecule has 0 aliphatic rings. The van der Waals surface area contributed by atoms with Crippen molar-refractivity contribution in [1.29, 1.82) is 5.26 Å². The molecule has 1 heterocycles. The van der Waals surface area contributed by atoms with Crippen molar-refractivity contribution < 1.29 is 23.8 Å². The maximum absolute atomic E-state index is 14.3. The molecule has 0 bridgehead atoms. The van der Waals surface area contributed by atoms with E-state index in [2.05, 4.69) is 20.7 Å². The van der Waals surface area contributed by atoms with Gasteiger partial charge in [-0.3, -0.25) is 0 Å². The van der Waals surface area contributed by atoms with Crippen LogP contribution in [0.3, 0.4) is 0 Å². The third-order valence-electron chi connectivity index (χ3n) is 3.07. The standard InChI is InChI=1S/C14H9BrFN3O4/c1-23-14(22)12-11(18)6(4-17)5-19(12)10-3-8(15)7(13(20)21)2-9(10)16/h2-3,5H,18H2,1H3,(H,20,21). The van der Waals surface area contributed by atoms with Crippen LogP contribution in [-0.2, 0) is 4.74 Å². The average molecular weight is 382 g/mol. The Morgan fingerprint density at radius 3 is 2.65 bits per heavy atom. The van der Waals surface area contributed by atoms with Gasteiger partial charge in [0.15, 0.2) is 5.69 Å². The number of nitriles is 1. The molecule has 0 radical (unpaired) electrons. The first-order chi connectivity index (χ1) is 10.8. The van der Waals surface area contributed by atoms with Gasteiger partial charge in [0.05, 0.1) is 29.6 Å². The van der Waals surface area contributed by atoms with Crippen molar-refractivity contribution in [3.05, 3.63) is 45.4 Å². The number of aromatic carboxylic acids is 1. The number of nitrogens with two attached hydrogens (primary N) is 1. The highest BCUT2D eigenvalue weighted by atomic mass is 79.9. The van der Waals surface area contributed by atoms with Crippen molar-refractivity contribution in [2.45, 2.75) is 0 Å². The fourth-order valence-electron chi connectivity index (χ4n) is 1.99. The Labute approximate surface area is 137 Å². The minimum absolute atomic E-state index is 0.0387. The van der Waals surface area contributed by atoms with Gasteiger partial charge in [-0.05, 0) is 28.1 Å². The molecule has 9 heteroatoms. The van der Waals surface area contributed by atoms with Gasteiger partial charge in [0.25, 0.3) is 0 Å². The van der Waals surface area contributed by atoms with Crippen LogP contribution in [0.25, 0.3) is 5.69 Å². The van der Waals surface area contributed by atoms with Gasteiger partial charge >= 0.3 is 11.9 Å². The first-order valence-electron chi connectivity index (χ1n) is 6.03. The quantitative estimate of drug-likeness (QED) is 0.787. The van der Waals surface area contributed by atoms with Crippen LogP contribution in [-0.4, -0.2) is 28.7 Å². The summed E-state index contributed by atoms with van der Waals surface area (Å²) in [6, 6.07) is 3.76. The van der Waals surface area contributed by atoms with E-state index in [9.17, 15) is 14.0 Å². The summed E-state index contributed by atoms with van der Waals surface area (Å²) in [5.74, 6) is -3.09. The lowest BCUT2D eigenvalue weighted by molar-refractivity contribution is 0.0592. The van der Waals surface area contributed by atoms with Crippen molar-refractivity contribution in [2.75, 3.05) is 12.8 Å². The number of methoxy groups -OCH3 is 1. The maximum Gasteiger partial charge on any atom is 0.357 e. The Morgan fingerprint density at radius 2 is 2.13 bits per heavy atom. The number of hydrogen-bond acceptors (Lipinski definition) is 5. The van der Waals surface area contributed by atoms with Crippen molar-refractivity contribution in [1.82, 2.24) is 4.57 Å². The largest absolute Gasteiger partial charge is 0.478 e. The summed E-state index contributed by atoms with van der Waals surface area (Å²) in [4.78, 5) is 22.9. The van der Waals surface area contributed by atoms with Crippen LogP contribution in [0.2, 0.25) is 0 Å². The number of carboxylic acid groups (broad SMARTS) is 1. The van der Waals surface area contributed by atoms with E-state index in [0.29, 0.717) is 0 Å². The molecule has 118 valence electrons. The van der Waals surface area contributed by atoms with Gasteiger partial charge in [-0.1, -0.05) is 0 Å². The molecule has 7 nitrogen and oxygen atoms in total. The lowest BCUT2D eigenvalue weighted by atomic mass is 10.2. The smallest absolute Gasteiger partial charge is 0.357 e. The summed E-state index contributed by atoms with van der Waals surface area (Å²) in [6.07, 6.45) is 1.17. The summed E-state index contributed by atoms with van der Waals surface area (Å²) in [7, 11) is 1.12. The van der Waals surface area contributed by atoms with E-state index >= 15 is 0 Å². The predicted octanol–water partition coefficient (Wildman–Crippen LogP) is 2.32. The summed E-state index contributed by atoms with van der Waals surface area (Å²) in [6.45, 7) is 0. The molecule has 3 N–H and O–H groups in total. The molecule has 0 spiro atoms. The van der Waals surface area contributed by atoms with Crippen molar-refractivity contribution in [2.24, 2.45) is 0 Å². The predicted molar refractivity (Wildman–Crippen MR) is 80.9 cm³/mol. The third-order valence-corrected chi connectivity index (χ3v) is 3.73. The second kappa shape index (κ2) is 6.10. The van der Waals surface area contributed by atoms with Crippen molar-refractivity contribution in [3.8, 4) is 11.8 Å². The first-order valence-corrected chi connectivity index (χ1v) is 6.83. The number of nitrogen functional groups attached to an aromatic ring is 1. The molecule has 2 aromatic rings. The number of ether oxygens (including phenoxy) is 1. The molecule has 0 aliphatic carbocycles. The minimum atomic E-state index is -1.32. The lowest BCUT2D eigenvalue weighted by Gasteiger charge is -2.11. The van der Waals surface area contributed by atoms with Gasteiger partial charge in [-0.15, -0.1) is 0 Å². The van der Waals surface area contributed by atoms with Gasteiger partial charge in [0.2, 0.25) is 0 Å². The Balaban J connectivity index is 2.77. The molecule has 0 aliphatic heterocycles.